The second-order valence-electron chi connectivity index (χ2n) is 4.57. The van der Waals surface area contributed by atoms with Crippen molar-refractivity contribution in [2.75, 3.05) is 17.7 Å². The van der Waals surface area contributed by atoms with E-state index in [9.17, 15) is 4.79 Å². The Balaban J connectivity index is 1.74. The molecule has 1 aromatic carbocycles. The van der Waals surface area contributed by atoms with E-state index in [0.717, 1.165) is 22.6 Å². The summed E-state index contributed by atoms with van der Waals surface area (Å²) in [5.41, 5.74) is 3.00. The van der Waals surface area contributed by atoms with Crippen molar-refractivity contribution in [3.63, 3.8) is 0 Å². The number of carbonyl (C=O) groups excluding carboxylic acids is 1. The van der Waals surface area contributed by atoms with E-state index in [1.165, 1.54) is 0 Å². The van der Waals surface area contributed by atoms with Crippen molar-refractivity contribution < 1.29 is 9.90 Å². The van der Waals surface area contributed by atoms with Gasteiger partial charge in [0.05, 0.1) is 5.75 Å². The highest BCUT2D eigenvalue weighted by Gasteiger charge is 2.03. The number of aliphatic hydroxyl groups excluding tert-OH is 1. The topological polar surface area (TPSA) is 62.2 Å². The van der Waals surface area contributed by atoms with Crippen LogP contribution in [0.5, 0.6) is 0 Å². The van der Waals surface area contributed by atoms with Gasteiger partial charge in [-0.15, -0.1) is 11.8 Å². The smallest absolute Gasteiger partial charge is 0.234 e. The molecule has 1 heterocycles. The van der Waals surface area contributed by atoms with Crippen molar-refractivity contribution in [3.05, 3.63) is 59.9 Å². The molecule has 0 aliphatic rings. The molecule has 2 N–H and O–H groups in total. The minimum absolute atomic E-state index is 0.0102. The minimum Gasteiger partial charge on any atom is -0.396 e. The van der Waals surface area contributed by atoms with Crippen molar-refractivity contribution in [1.82, 2.24) is 4.98 Å². The number of aliphatic hydroxyl groups is 1. The Hall–Kier alpha value is -1.85. The van der Waals surface area contributed by atoms with Crippen LogP contribution in [0.25, 0.3) is 0 Å². The van der Waals surface area contributed by atoms with Gasteiger partial charge in [-0.1, -0.05) is 12.1 Å². The molecule has 0 unspecified atom stereocenters. The maximum Gasteiger partial charge on any atom is 0.234 e. The summed E-state index contributed by atoms with van der Waals surface area (Å²) in [5, 5.41) is 11.7. The predicted molar refractivity (Wildman–Crippen MR) is 86.3 cm³/mol. The Kier molecular flexibility index (Phi) is 6.24. The van der Waals surface area contributed by atoms with Gasteiger partial charge in [0.1, 0.15) is 0 Å². The van der Waals surface area contributed by atoms with E-state index in [-0.39, 0.29) is 12.5 Å². The molecule has 4 nitrogen and oxygen atoms in total. The van der Waals surface area contributed by atoms with Crippen molar-refractivity contribution in [1.29, 1.82) is 0 Å². The highest BCUT2D eigenvalue weighted by atomic mass is 32.2. The van der Waals surface area contributed by atoms with Crippen molar-refractivity contribution in [2.24, 2.45) is 0 Å². The van der Waals surface area contributed by atoms with Crippen LogP contribution in [0, 0.1) is 0 Å². The summed E-state index contributed by atoms with van der Waals surface area (Å²) in [6.45, 7) is 0.136. The number of thioether (sulfide) groups is 1. The number of carbonyl (C=O) groups is 1. The third-order valence-electron chi connectivity index (χ3n) is 2.89. The number of aromatic nitrogens is 1. The van der Waals surface area contributed by atoms with Crippen molar-refractivity contribution in [3.8, 4) is 0 Å². The molecule has 0 saturated carbocycles. The number of hydrogen-bond acceptors (Lipinski definition) is 4. The molecular formula is C16H18N2O2S. The molecule has 1 amide bonds. The number of rotatable bonds is 7. The summed E-state index contributed by atoms with van der Waals surface area (Å²) in [6, 6.07) is 11.4. The van der Waals surface area contributed by atoms with Gasteiger partial charge in [-0.25, -0.2) is 0 Å². The third kappa shape index (κ3) is 5.57. The monoisotopic (exact) mass is 302 g/mol. The van der Waals surface area contributed by atoms with Crippen LogP contribution in [0.15, 0.2) is 48.8 Å². The number of hydrogen-bond donors (Lipinski definition) is 2. The Bertz CT molecular complexity index is 558. The Morgan fingerprint density at radius 1 is 1.10 bits per heavy atom. The lowest BCUT2D eigenvalue weighted by molar-refractivity contribution is -0.113. The first-order valence-electron chi connectivity index (χ1n) is 6.74. The van der Waals surface area contributed by atoms with Crippen LogP contribution >= 0.6 is 11.8 Å². The molecule has 21 heavy (non-hydrogen) atoms. The molecule has 0 fully saturated rings. The lowest BCUT2D eigenvalue weighted by atomic mass is 10.1. The largest absolute Gasteiger partial charge is 0.396 e. The zero-order valence-electron chi connectivity index (χ0n) is 11.7. The van der Waals surface area contributed by atoms with Gasteiger partial charge in [-0.3, -0.25) is 9.78 Å². The van der Waals surface area contributed by atoms with Gasteiger partial charge in [-0.2, -0.15) is 0 Å². The van der Waals surface area contributed by atoms with Crippen LogP contribution in [0.1, 0.15) is 11.1 Å². The summed E-state index contributed by atoms with van der Waals surface area (Å²) in [5.74, 6) is 1.20. The molecule has 0 saturated heterocycles. The van der Waals surface area contributed by atoms with Gasteiger partial charge < -0.3 is 10.4 Å². The average Bonchev–Trinajstić information content (AvgIpc) is 2.51. The SMILES string of the molecule is O=C(CSCc1ccncc1)Nc1ccc(CCO)cc1. The predicted octanol–water partition coefficient (Wildman–Crippen LogP) is 2.49. The molecule has 0 radical (unpaired) electrons. The fraction of sp³-hybridized carbons (Fsp3) is 0.250. The molecular weight excluding hydrogens is 284 g/mol. The number of anilines is 1. The maximum absolute atomic E-state index is 11.8. The van der Waals surface area contributed by atoms with Gasteiger partial charge in [0.25, 0.3) is 0 Å². The molecule has 1 aromatic heterocycles. The molecule has 0 atom stereocenters. The number of pyridine rings is 1. The van der Waals surface area contributed by atoms with E-state index in [1.807, 2.05) is 36.4 Å². The highest BCUT2D eigenvalue weighted by molar-refractivity contribution is 7.99. The average molecular weight is 302 g/mol. The zero-order chi connectivity index (χ0) is 14.9. The Morgan fingerprint density at radius 3 is 2.48 bits per heavy atom. The van der Waals surface area contributed by atoms with Crippen LogP contribution in [0.3, 0.4) is 0 Å². The summed E-state index contributed by atoms with van der Waals surface area (Å²) in [6.07, 6.45) is 4.14. The summed E-state index contributed by atoms with van der Waals surface area (Å²) in [7, 11) is 0. The van der Waals surface area contributed by atoms with E-state index in [0.29, 0.717) is 12.2 Å². The van der Waals surface area contributed by atoms with E-state index in [2.05, 4.69) is 10.3 Å². The van der Waals surface area contributed by atoms with Crippen molar-refractivity contribution >= 4 is 23.4 Å². The van der Waals surface area contributed by atoms with Gasteiger partial charge in [0.15, 0.2) is 0 Å². The summed E-state index contributed by atoms with van der Waals surface area (Å²) < 4.78 is 0. The number of nitrogens with one attached hydrogen (secondary N) is 1. The molecule has 0 aliphatic carbocycles. The molecule has 0 aliphatic heterocycles. The van der Waals surface area contributed by atoms with Crippen LogP contribution in [0.2, 0.25) is 0 Å². The summed E-state index contributed by atoms with van der Waals surface area (Å²) in [4.78, 5) is 15.8. The van der Waals surface area contributed by atoms with E-state index >= 15 is 0 Å². The molecule has 0 spiro atoms. The second kappa shape index (κ2) is 8.44. The van der Waals surface area contributed by atoms with Crippen LogP contribution in [-0.4, -0.2) is 28.4 Å². The van der Waals surface area contributed by atoms with Crippen molar-refractivity contribution in [2.45, 2.75) is 12.2 Å². The lowest BCUT2D eigenvalue weighted by Gasteiger charge is -2.06. The van der Waals surface area contributed by atoms with E-state index in [1.54, 1.807) is 24.2 Å². The summed E-state index contributed by atoms with van der Waals surface area (Å²) >= 11 is 1.57. The first kappa shape index (κ1) is 15.5. The number of benzene rings is 1. The lowest BCUT2D eigenvalue weighted by Crippen LogP contribution is -2.14. The fourth-order valence-corrected chi connectivity index (χ4v) is 2.61. The molecule has 2 aromatic rings. The zero-order valence-corrected chi connectivity index (χ0v) is 12.5. The van der Waals surface area contributed by atoms with Gasteiger partial charge in [-0.05, 0) is 41.8 Å². The third-order valence-corrected chi connectivity index (χ3v) is 3.89. The molecule has 2 rings (SSSR count). The van der Waals surface area contributed by atoms with Crippen LogP contribution in [0.4, 0.5) is 5.69 Å². The quantitative estimate of drug-likeness (QED) is 0.825. The Morgan fingerprint density at radius 2 is 1.81 bits per heavy atom. The molecule has 110 valence electrons. The molecule has 0 bridgehead atoms. The Labute approximate surface area is 128 Å². The second-order valence-corrected chi connectivity index (χ2v) is 5.55. The van der Waals surface area contributed by atoms with E-state index < -0.39 is 0 Å². The standard InChI is InChI=1S/C16H18N2O2S/c19-10-7-13-1-3-15(4-2-13)18-16(20)12-21-11-14-5-8-17-9-6-14/h1-6,8-9,19H,7,10-12H2,(H,18,20). The maximum atomic E-state index is 11.8. The first-order valence-corrected chi connectivity index (χ1v) is 7.89. The fourth-order valence-electron chi connectivity index (χ4n) is 1.82. The number of nitrogens with zero attached hydrogens (tertiary/aromatic N) is 1. The van der Waals surface area contributed by atoms with Gasteiger partial charge in [0.2, 0.25) is 5.91 Å². The van der Waals surface area contributed by atoms with Gasteiger partial charge >= 0.3 is 0 Å². The van der Waals surface area contributed by atoms with Gasteiger partial charge in [0, 0.05) is 30.4 Å². The minimum atomic E-state index is -0.0102. The highest BCUT2D eigenvalue weighted by Crippen LogP contribution is 2.13. The van der Waals surface area contributed by atoms with Crippen LogP contribution in [-0.2, 0) is 17.0 Å². The van der Waals surface area contributed by atoms with Crippen LogP contribution < -0.4 is 5.32 Å². The number of amides is 1. The normalized spacial score (nSPS) is 10.3. The molecule has 5 heteroatoms. The van der Waals surface area contributed by atoms with E-state index in [4.69, 9.17) is 5.11 Å². The first-order chi connectivity index (χ1) is 10.3.